The second kappa shape index (κ2) is 7.58. The van der Waals surface area contributed by atoms with Crippen LogP contribution in [0, 0.1) is 11.3 Å². The van der Waals surface area contributed by atoms with Gasteiger partial charge in [-0.15, -0.1) is 0 Å². The summed E-state index contributed by atoms with van der Waals surface area (Å²) in [5.74, 6) is -0.156. The van der Waals surface area contributed by atoms with E-state index >= 15 is 0 Å². The van der Waals surface area contributed by atoms with Gasteiger partial charge in [0.2, 0.25) is 0 Å². The summed E-state index contributed by atoms with van der Waals surface area (Å²) >= 11 is 0. The number of aromatic nitrogens is 2. The van der Waals surface area contributed by atoms with Crippen LogP contribution in [0.15, 0.2) is 67.0 Å². The first-order valence-electron chi connectivity index (χ1n) is 7.91. The maximum atomic E-state index is 9.00. The van der Waals surface area contributed by atoms with E-state index in [4.69, 9.17) is 10.00 Å². The van der Waals surface area contributed by atoms with Gasteiger partial charge in [-0.1, -0.05) is 42.5 Å². The lowest BCUT2D eigenvalue weighted by atomic mass is 10.1. The van der Waals surface area contributed by atoms with E-state index in [9.17, 15) is 0 Å². The Morgan fingerprint density at radius 3 is 2.62 bits per heavy atom. The van der Waals surface area contributed by atoms with Gasteiger partial charge in [-0.05, 0) is 30.2 Å². The Labute approximate surface area is 141 Å². The van der Waals surface area contributed by atoms with Crippen molar-refractivity contribution in [3.63, 3.8) is 0 Å². The van der Waals surface area contributed by atoms with Crippen molar-refractivity contribution in [2.45, 2.75) is 26.1 Å². The zero-order chi connectivity index (χ0) is 16.8. The third kappa shape index (κ3) is 3.89. The second-order valence-corrected chi connectivity index (χ2v) is 5.72. The summed E-state index contributed by atoms with van der Waals surface area (Å²) < 4.78 is 7.58. The summed E-state index contributed by atoms with van der Waals surface area (Å²) in [6.45, 7) is 3.01. The summed E-state index contributed by atoms with van der Waals surface area (Å²) in [6.07, 6.45) is 3.64. The lowest BCUT2D eigenvalue weighted by Crippen LogP contribution is -1.98. The van der Waals surface area contributed by atoms with E-state index in [0.717, 1.165) is 22.4 Å². The van der Waals surface area contributed by atoms with E-state index in [2.05, 4.69) is 29.4 Å². The zero-order valence-electron chi connectivity index (χ0n) is 13.6. The van der Waals surface area contributed by atoms with Crippen molar-refractivity contribution in [3.8, 4) is 11.8 Å². The smallest absolute Gasteiger partial charge is 0.0722 e. The largest absolute Gasteiger partial charge is 0.372 e. The Morgan fingerprint density at radius 1 is 1.08 bits per heavy atom. The van der Waals surface area contributed by atoms with E-state index in [1.54, 1.807) is 10.9 Å². The van der Waals surface area contributed by atoms with Crippen LogP contribution >= 0.6 is 0 Å². The van der Waals surface area contributed by atoms with Crippen molar-refractivity contribution in [3.05, 3.63) is 83.7 Å². The molecule has 120 valence electrons. The Balaban J connectivity index is 1.66. The van der Waals surface area contributed by atoms with Gasteiger partial charge in [-0.2, -0.15) is 10.4 Å². The number of nitrogens with zero attached hydrogens (tertiary/aromatic N) is 3. The highest BCUT2D eigenvalue weighted by molar-refractivity contribution is 5.36. The van der Waals surface area contributed by atoms with Crippen molar-refractivity contribution in [2.75, 3.05) is 0 Å². The van der Waals surface area contributed by atoms with Crippen molar-refractivity contribution >= 4 is 0 Å². The molecule has 3 rings (SSSR count). The number of rotatable bonds is 6. The Bertz CT molecular complexity index is 833. The van der Waals surface area contributed by atoms with E-state index in [1.807, 2.05) is 49.5 Å². The van der Waals surface area contributed by atoms with Crippen LogP contribution in [0.5, 0.6) is 0 Å². The Hall–Kier alpha value is -2.90. The molecule has 0 aliphatic carbocycles. The van der Waals surface area contributed by atoms with Crippen LogP contribution in [0.25, 0.3) is 5.69 Å². The molecule has 0 N–H and O–H groups in total. The molecular formula is C20H19N3O. The normalized spacial score (nSPS) is 11.8. The molecule has 3 aromatic rings. The van der Waals surface area contributed by atoms with Crippen LogP contribution in [0.1, 0.15) is 29.5 Å². The summed E-state index contributed by atoms with van der Waals surface area (Å²) in [5.41, 5.74) is 4.14. The van der Waals surface area contributed by atoms with Gasteiger partial charge < -0.3 is 4.74 Å². The number of hydrogen-bond donors (Lipinski definition) is 0. The first-order valence-corrected chi connectivity index (χ1v) is 7.91. The molecule has 0 saturated carbocycles. The van der Waals surface area contributed by atoms with Crippen LogP contribution < -0.4 is 0 Å². The molecule has 4 nitrogen and oxygen atoms in total. The molecule has 2 aromatic carbocycles. The molecule has 1 atom stereocenters. The molecule has 0 bridgehead atoms. The standard InChI is InChI=1S/C20H19N3O/c1-16(11-21)19-12-22-23(13-19)20-9-5-8-18(10-20)15-24-14-17-6-3-2-4-7-17/h2-10,12-13,16H,14-15H2,1H3. The van der Waals surface area contributed by atoms with Gasteiger partial charge in [0.25, 0.3) is 0 Å². The minimum Gasteiger partial charge on any atom is -0.372 e. The molecule has 1 heterocycles. The number of nitriles is 1. The number of ether oxygens (including phenoxy) is 1. The van der Waals surface area contributed by atoms with Crippen molar-refractivity contribution in [1.82, 2.24) is 9.78 Å². The number of benzene rings is 2. The van der Waals surface area contributed by atoms with Gasteiger partial charge >= 0.3 is 0 Å². The molecule has 24 heavy (non-hydrogen) atoms. The molecule has 0 radical (unpaired) electrons. The van der Waals surface area contributed by atoms with Gasteiger partial charge in [0.05, 0.1) is 37.1 Å². The first-order chi connectivity index (χ1) is 11.8. The highest BCUT2D eigenvalue weighted by Crippen LogP contribution is 2.17. The molecule has 0 aliphatic rings. The zero-order valence-corrected chi connectivity index (χ0v) is 13.6. The van der Waals surface area contributed by atoms with Gasteiger partial charge in [-0.3, -0.25) is 0 Å². The molecule has 0 saturated heterocycles. The van der Waals surface area contributed by atoms with Gasteiger partial charge in [0.1, 0.15) is 0 Å². The first kappa shape index (κ1) is 16.0. The van der Waals surface area contributed by atoms with Crippen LogP contribution in [-0.4, -0.2) is 9.78 Å². The van der Waals surface area contributed by atoms with E-state index in [0.29, 0.717) is 13.2 Å². The molecular weight excluding hydrogens is 298 g/mol. The van der Waals surface area contributed by atoms with Crippen LogP contribution in [0.2, 0.25) is 0 Å². The summed E-state index contributed by atoms with van der Waals surface area (Å²) in [7, 11) is 0. The molecule has 0 spiro atoms. The third-order valence-electron chi connectivity index (χ3n) is 3.85. The van der Waals surface area contributed by atoms with E-state index in [1.165, 1.54) is 0 Å². The minimum absolute atomic E-state index is 0.156. The highest BCUT2D eigenvalue weighted by atomic mass is 16.5. The summed E-state index contributed by atoms with van der Waals surface area (Å²) in [5, 5.41) is 13.3. The monoisotopic (exact) mass is 317 g/mol. The summed E-state index contributed by atoms with van der Waals surface area (Å²) in [6, 6.07) is 20.4. The fourth-order valence-corrected chi connectivity index (χ4v) is 2.43. The van der Waals surface area contributed by atoms with Gasteiger partial charge in [0, 0.05) is 11.8 Å². The maximum absolute atomic E-state index is 9.00. The predicted molar refractivity (Wildman–Crippen MR) is 92.5 cm³/mol. The molecule has 4 heteroatoms. The molecule has 0 aliphatic heterocycles. The molecule has 0 fully saturated rings. The third-order valence-corrected chi connectivity index (χ3v) is 3.85. The quantitative estimate of drug-likeness (QED) is 0.684. The lowest BCUT2D eigenvalue weighted by Gasteiger charge is -2.07. The van der Waals surface area contributed by atoms with Crippen molar-refractivity contribution in [1.29, 1.82) is 5.26 Å². The molecule has 0 amide bonds. The lowest BCUT2D eigenvalue weighted by molar-refractivity contribution is 0.107. The molecule has 1 aromatic heterocycles. The fourth-order valence-electron chi connectivity index (χ4n) is 2.43. The van der Waals surface area contributed by atoms with Crippen molar-refractivity contribution in [2.24, 2.45) is 0 Å². The Kier molecular flexibility index (Phi) is 5.05. The SMILES string of the molecule is CC(C#N)c1cnn(-c2cccc(COCc3ccccc3)c2)c1. The fraction of sp³-hybridized carbons (Fsp3) is 0.200. The van der Waals surface area contributed by atoms with Crippen LogP contribution in [-0.2, 0) is 18.0 Å². The van der Waals surface area contributed by atoms with E-state index in [-0.39, 0.29) is 5.92 Å². The average molecular weight is 317 g/mol. The minimum atomic E-state index is -0.156. The van der Waals surface area contributed by atoms with Crippen molar-refractivity contribution < 1.29 is 4.74 Å². The van der Waals surface area contributed by atoms with Gasteiger partial charge in [-0.25, -0.2) is 4.68 Å². The summed E-state index contributed by atoms with van der Waals surface area (Å²) in [4.78, 5) is 0. The van der Waals surface area contributed by atoms with E-state index < -0.39 is 0 Å². The Morgan fingerprint density at radius 2 is 1.83 bits per heavy atom. The topological polar surface area (TPSA) is 50.8 Å². The van der Waals surface area contributed by atoms with Crippen LogP contribution in [0.4, 0.5) is 0 Å². The number of hydrogen-bond acceptors (Lipinski definition) is 3. The van der Waals surface area contributed by atoms with Gasteiger partial charge in [0.15, 0.2) is 0 Å². The second-order valence-electron chi connectivity index (χ2n) is 5.72. The highest BCUT2D eigenvalue weighted by Gasteiger charge is 2.08. The molecule has 1 unspecified atom stereocenters. The maximum Gasteiger partial charge on any atom is 0.0722 e. The predicted octanol–water partition coefficient (Wildman–Crippen LogP) is 4.22. The van der Waals surface area contributed by atoms with Crippen LogP contribution in [0.3, 0.4) is 0 Å². The average Bonchev–Trinajstić information content (AvgIpc) is 3.12.